The van der Waals surface area contributed by atoms with E-state index in [1.807, 2.05) is 0 Å². The van der Waals surface area contributed by atoms with E-state index in [1.165, 1.54) is 45.3 Å². The molecule has 15 heavy (non-hydrogen) atoms. The Hall–Kier alpha value is 1.52. The van der Waals surface area contributed by atoms with Gasteiger partial charge in [0.05, 0.1) is 0 Å². The molecule has 2 fully saturated rings. The molecule has 2 heterocycles. The van der Waals surface area contributed by atoms with Gasteiger partial charge in [0, 0.05) is 12.6 Å². The number of rotatable bonds is 2. The molecule has 0 atom stereocenters. The molecule has 0 spiro atoms. The monoisotopic (exact) mass is 235 g/mol. The SMILES string of the molecule is NC1CCN(CC2CC[N-]CC2)CC1.[K+]. The fraction of sp³-hybridized carbons (Fsp3) is 1.00. The molecule has 2 N–H and O–H groups in total. The van der Waals surface area contributed by atoms with E-state index in [4.69, 9.17) is 5.73 Å². The minimum atomic E-state index is 0. The third kappa shape index (κ3) is 5.13. The fourth-order valence-electron chi connectivity index (χ4n) is 2.49. The van der Waals surface area contributed by atoms with Crippen molar-refractivity contribution in [2.24, 2.45) is 11.7 Å². The Kier molecular flexibility index (Phi) is 7.55. The summed E-state index contributed by atoms with van der Waals surface area (Å²) in [5.74, 6) is 0.904. The second kappa shape index (κ2) is 7.77. The Bertz CT molecular complexity index is 163. The first kappa shape index (κ1) is 14.6. The summed E-state index contributed by atoms with van der Waals surface area (Å²) in [4.78, 5) is 2.60. The van der Waals surface area contributed by atoms with E-state index < -0.39 is 0 Å². The zero-order valence-corrected chi connectivity index (χ0v) is 13.1. The van der Waals surface area contributed by atoms with Crippen LogP contribution in [0.3, 0.4) is 0 Å². The first-order valence-corrected chi connectivity index (χ1v) is 5.96. The second-order valence-electron chi connectivity index (χ2n) is 4.75. The molecule has 2 saturated heterocycles. The molecule has 2 aliphatic rings. The summed E-state index contributed by atoms with van der Waals surface area (Å²) < 4.78 is 0. The minimum absolute atomic E-state index is 0. The average Bonchev–Trinajstić information content (AvgIpc) is 2.23. The Morgan fingerprint density at radius 2 is 1.67 bits per heavy atom. The van der Waals surface area contributed by atoms with Gasteiger partial charge in [-0.1, -0.05) is 12.8 Å². The van der Waals surface area contributed by atoms with Crippen molar-refractivity contribution in [1.82, 2.24) is 4.90 Å². The van der Waals surface area contributed by atoms with Crippen LogP contribution in [0.4, 0.5) is 0 Å². The summed E-state index contributed by atoms with van der Waals surface area (Å²) in [5.41, 5.74) is 5.89. The largest absolute Gasteiger partial charge is 1.00 e. The van der Waals surface area contributed by atoms with Crippen LogP contribution in [0.15, 0.2) is 0 Å². The van der Waals surface area contributed by atoms with Crippen LogP contribution >= 0.6 is 0 Å². The van der Waals surface area contributed by atoms with Crippen LogP contribution in [-0.4, -0.2) is 43.7 Å². The number of hydrogen-bond acceptors (Lipinski definition) is 2. The number of nitrogens with two attached hydrogens (primary N) is 1. The first-order chi connectivity index (χ1) is 6.84. The first-order valence-electron chi connectivity index (χ1n) is 5.96. The van der Waals surface area contributed by atoms with Crippen molar-refractivity contribution in [3.05, 3.63) is 5.32 Å². The molecule has 0 amide bonds. The van der Waals surface area contributed by atoms with Crippen LogP contribution in [-0.2, 0) is 0 Å². The van der Waals surface area contributed by atoms with Crippen molar-refractivity contribution >= 4 is 0 Å². The standard InChI is InChI=1S/C11H22N3.K/c12-11-3-7-14(8-4-11)9-10-1-5-13-6-2-10;/h10-11H,1-9,12H2;/q-1;+1. The maximum atomic E-state index is 5.89. The summed E-state index contributed by atoms with van der Waals surface area (Å²) in [5, 5.41) is 4.39. The third-order valence-electron chi connectivity index (χ3n) is 3.54. The molecular weight excluding hydrogens is 213 g/mol. The Balaban J connectivity index is 0.00000112. The zero-order chi connectivity index (χ0) is 9.80. The maximum Gasteiger partial charge on any atom is 1.00 e. The summed E-state index contributed by atoms with van der Waals surface area (Å²) in [7, 11) is 0. The topological polar surface area (TPSA) is 43.4 Å². The predicted molar refractivity (Wildman–Crippen MR) is 59.5 cm³/mol. The minimum Gasteiger partial charge on any atom is -0.662 e. The molecule has 0 aromatic heterocycles. The molecule has 0 unspecified atom stereocenters. The quantitative estimate of drug-likeness (QED) is 0.574. The van der Waals surface area contributed by atoms with Gasteiger partial charge in [-0.25, -0.2) is 0 Å². The van der Waals surface area contributed by atoms with E-state index in [9.17, 15) is 0 Å². The molecule has 0 aromatic rings. The molecule has 0 radical (unpaired) electrons. The van der Waals surface area contributed by atoms with Crippen molar-refractivity contribution in [2.75, 3.05) is 32.7 Å². The number of piperidine rings is 2. The molecule has 0 saturated carbocycles. The molecule has 0 bridgehead atoms. The van der Waals surface area contributed by atoms with Gasteiger partial charge >= 0.3 is 51.4 Å². The van der Waals surface area contributed by atoms with Crippen LogP contribution in [0.5, 0.6) is 0 Å². The van der Waals surface area contributed by atoms with Gasteiger partial charge in [-0.15, -0.1) is 13.1 Å². The molecular formula is C11H22KN3. The van der Waals surface area contributed by atoms with Crippen molar-refractivity contribution in [3.63, 3.8) is 0 Å². The number of likely N-dealkylation sites (tertiary alicyclic amines) is 1. The van der Waals surface area contributed by atoms with Crippen molar-refractivity contribution < 1.29 is 51.4 Å². The van der Waals surface area contributed by atoms with Gasteiger partial charge in [-0.2, -0.15) is 0 Å². The van der Waals surface area contributed by atoms with Crippen molar-refractivity contribution in [3.8, 4) is 0 Å². The van der Waals surface area contributed by atoms with Gasteiger partial charge in [-0.05, 0) is 31.8 Å². The molecule has 2 rings (SSSR count). The Labute approximate surface area is 136 Å². The van der Waals surface area contributed by atoms with Gasteiger partial charge in [0.1, 0.15) is 0 Å². The van der Waals surface area contributed by atoms with E-state index in [0.29, 0.717) is 6.04 Å². The van der Waals surface area contributed by atoms with Crippen molar-refractivity contribution in [1.29, 1.82) is 0 Å². The maximum absolute atomic E-state index is 5.89. The molecule has 0 aliphatic carbocycles. The molecule has 3 nitrogen and oxygen atoms in total. The number of hydrogen-bond donors (Lipinski definition) is 1. The van der Waals surface area contributed by atoms with Crippen LogP contribution in [0.1, 0.15) is 25.7 Å². The van der Waals surface area contributed by atoms with Gasteiger partial charge in [0.25, 0.3) is 0 Å². The van der Waals surface area contributed by atoms with E-state index in [2.05, 4.69) is 10.2 Å². The zero-order valence-electron chi connectivity index (χ0n) is 9.99. The van der Waals surface area contributed by atoms with Gasteiger partial charge in [0.15, 0.2) is 0 Å². The summed E-state index contributed by atoms with van der Waals surface area (Å²) >= 11 is 0. The second-order valence-corrected chi connectivity index (χ2v) is 4.75. The molecule has 4 heteroatoms. The van der Waals surface area contributed by atoms with E-state index >= 15 is 0 Å². The summed E-state index contributed by atoms with van der Waals surface area (Å²) in [6.45, 7) is 5.92. The summed E-state index contributed by atoms with van der Waals surface area (Å²) in [6.07, 6.45) is 5.00. The average molecular weight is 235 g/mol. The van der Waals surface area contributed by atoms with E-state index in [0.717, 1.165) is 19.0 Å². The van der Waals surface area contributed by atoms with Gasteiger partial charge in [0.2, 0.25) is 0 Å². The Morgan fingerprint density at radius 1 is 1.07 bits per heavy atom. The molecule has 82 valence electrons. The van der Waals surface area contributed by atoms with E-state index in [-0.39, 0.29) is 51.4 Å². The van der Waals surface area contributed by atoms with Crippen molar-refractivity contribution in [2.45, 2.75) is 31.7 Å². The fourth-order valence-corrected chi connectivity index (χ4v) is 2.49. The smallest absolute Gasteiger partial charge is 0.662 e. The van der Waals surface area contributed by atoms with Crippen LogP contribution in [0.2, 0.25) is 0 Å². The molecule has 0 aromatic carbocycles. The normalized spacial score (nSPS) is 26.2. The predicted octanol–water partition coefficient (Wildman–Crippen LogP) is -1.80. The van der Waals surface area contributed by atoms with Gasteiger partial charge < -0.3 is 16.0 Å². The van der Waals surface area contributed by atoms with Crippen LogP contribution < -0.4 is 57.1 Å². The van der Waals surface area contributed by atoms with E-state index in [1.54, 1.807) is 0 Å². The third-order valence-corrected chi connectivity index (χ3v) is 3.54. The number of nitrogens with zero attached hydrogens (tertiary/aromatic N) is 2. The Morgan fingerprint density at radius 3 is 2.27 bits per heavy atom. The van der Waals surface area contributed by atoms with Crippen LogP contribution in [0, 0.1) is 5.92 Å². The summed E-state index contributed by atoms with van der Waals surface area (Å²) in [6, 6.07) is 0.465. The van der Waals surface area contributed by atoms with Gasteiger partial charge in [-0.3, -0.25) is 0 Å². The molecule has 2 aliphatic heterocycles. The van der Waals surface area contributed by atoms with Crippen LogP contribution in [0.25, 0.3) is 5.32 Å².